The van der Waals surface area contributed by atoms with E-state index in [0.29, 0.717) is 22.3 Å². The van der Waals surface area contributed by atoms with Crippen molar-refractivity contribution >= 4 is 23.2 Å². The number of hydrogen-bond acceptors (Lipinski definition) is 2. The van der Waals surface area contributed by atoms with Gasteiger partial charge >= 0.3 is 0 Å². The Morgan fingerprint density at radius 2 is 2.00 bits per heavy atom. The van der Waals surface area contributed by atoms with Crippen LogP contribution in [-0.4, -0.2) is 14.8 Å². The number of halogens is 3. The first kappa shape index (κ1) is 18.9. The highest BCUT2D eigenvalue weighted by atomic mass is 35.5. The molecular weight excluding hydrogens is 372 g/mol. The lowest BCUT2D eigenvalue weighted by Gasteiger charge is -2.15. The molecule has 3 rings (SSSR count). The molecule has 0 radical (unpaired) electrons. The van der Waals surface area contributed by atoms with Crippen LogP contribution >= 0.6 is 23.2 Å². The molecule has 1 heterocycles. The van der Waals surface area contributed by atoms with Crippen LogP contribution in [0, 0.1) is 0 Å². The van der Waals surface area contributed by atoms with Crippen LogP contribution in [0.1, 0.15) is 37.9 Å². The minimum absolute atomic E-state index is 0.177. The first-order chi connectivity index (χ1) is 12.5. The fraction of sp³-hybridized carbons (Fsp3) is 0.300. The Morgan fingerprint density at radius 1 is 1.19 bits per heavy atom. The van der Waals surface area contributed by atoms with Crippen molar-refractivity contribution in [2.24, 2.45) is 7.05 Å². The third-order valence-corrected chi connectivity index (χ3v) is 5.13. The molecule has 1 aliphatic rings. The van der Waals surface area contributed by atoms with Gasteiger partial charge in [0.2, 0.25) is 0 Å². The molecule has 0 aliphatic heterocycles. The van der Waals surface area contributed by atoms with Crippen LogP contribution < -0.4 is 0 Å². The summed E-state index contributed by atoms with van der Waals surface area (Å²) in [5.41, 5.74) is 1.86. The van der Waals surface area contributed by atoms with Gasteiger partial charge in [0.05, 0.1) is 5.02 Å². The van der Waals surface area contributed by atoms with Crippen molar-refractivity contribution in [3.05, 3.63) is 69.8 Å². The smallest absolute Gasteiger partial charge is 0.165 e. The van der Waals surface area contributed by atoms with Crippen LogP contribution in [-0.2, 0) is 7.05 Å². The zero-order chi connectivity index (χ0) is 18.7. The monoisotopic (exact) mass is 391 g/mol. The summed E-state index contributed by atoms with van der Waals surface area (Å²) >= 11 is 12.4. The fourth-order valence-corrected chi connectivity index (χ4v) is 3.47. The van der Waals surface area contributed by atoms with E-state index in [1.54, 1.807) is 24.3 Å². The lowest BCUT2D eigenvalue weighted by atomic mass is 9.95. The summed E-state index contributed by atoms with van der Waals surface area (Å²) < 4.78 is 15.3. The number of benzene rings is 1. The van der Waals surface area contributed by atoms with Crippen LogP contribution in [0.5, 0.6) is 0 Å². The van der Waals surface area contributed by atoms with Gasteiger partial charge in [0.25, 0.3) is 0 Å². The zero-order valence-corrected chi connectivity index (χ0v) is 16.2. The summed E-state index contributed by atoms with van der Waals surface area (Å²) in [5, 5.41) is 9.94. The van der Waals surface area contributed by atoms with Crippen LogP contribution in [0.25, 0.3) is 11.4 Å². The Hall–Kier alpha value is -1.91. The first-order valence-corrected chi connectivity index (χ1v) is 9.32. The van der Waals surface area contributed by atoms with Crippen molar-refractivity contribution in [1.29, 1.82) is 0 Å². The average Bonchev–Trinajstić information content (AvgIpc) is 2.87. The summed E-state index contributed by atoms with van der Waals surface area (Å²) in [6.45, 7) is 2.12. The molecule has 0 fully saturated rings. The molecule has 1 aromatic carbocycles. The van der Waals surface area contributed by atoms with E-state index in [-0.39, 0.29) is 11.7 Å². The highest BCUT2D eigenvalue weighted by Crippen LogP contribution is 2.33. The van der Waals surface area contributed by atoms with Gasteiger partial charge in [0.1, 0.15) is 11.7 Å². The minimum Gasteiger partial charge on any atom is -0.314 e. The second kappa shape index (κ2) is 8.19. The summed E-state index contributed by atoms with van der Waals surface area (Å²) in [7, 11) is 1.93. The highest BCUT2D eigenvalue weighted by Gasteiger charge is 2.21. The largest absolute Gasteiger partial charge is 0.314 e. The molecule has 0 saturated carbocycles. The second-order valence-electron chi connectivity index (χ2n) is 6.31. The summed E-state index contributed by atoms with van der Waals surface area (Å²) in [6, 6.07) is 5.30. The Bertz CT molecular complexity index is 896. The predicted molar refractivity (Wildman–Crippen MR) is 105 cm³/mol. The lowest BCUT2D eigenvalue weighted by Crippen LogP contribution is -2.07. The second-order valence-corrected chi connectivity index (χ2v) is 7.16. The van der Waals surface area contributed by atoms with Gasteiger partial charge in [-0.2, -0.15) is 0 Å². The van der Waals surface area contributed by atoms with E-state index in [9.17, 15) is 4.39 Å². The average molecular weight is 392 g/mol. The SMILES string of the molecule is CCC(CC1=CCC=C(F)C=C1)c1nnc(-c2cc(Cl)ccc2Cl)n1C. The standard InChI is InChI=1S/C20H20Cl2FN3/c1-3-14(11-13-5-4-6-16(23)9-7-13)19-24-25-20(26(19)2)17-12-15(21)8-10-18(17)22/h5-10,12,14H,3-4,11H2,1-2H3. The normalized spacial score (nSPS) is 15.4. The highest BCUT2D eigenvalue weighted by molar-refractivity contribution is 6.35. The number of nitrogens with zero attached hydrogens (tertiary/aromatic N) is 3. The Morgan fingerprint density at radius 3 is 2.77 bits per heavy atom. The fourth-order valence-electron chi connectivity index (χ4n) is 3.10. The predicted octanol–water partition coefficient (Wildman–Crippen LogP) is 6.41. The van der Waals surface area contributed by atoms with Crippen molar-refractivity contribution in [1.82, 2.24) is 14.8 Å². The van der Waals surface area contributed by atoms with E-state index in [1.807, 2.05) is 17.7 Å². The third-order valence-electron chi connectivity index (χ3n) is 4.57. The molecule has 2 aromatic rings. The number of allylic oxidation sites excluding steroid dienone is 6. The Kier molecular flexibility index (Phi) is 5.94. The zero-order valence-electron chi connectivity index (χ0n) is 14.7. The van der Waals surface area contributed by atoms with Crippen molar-refractivity contribution < 1.29 is 4.39 Å². The summed E-state index contributed by atoms with van der Waals surface area (Å²) in [6.07, 6.45) is 9.27. The number of hydrogen-bond donors (Lipinski definition) is 0. The van der Waals surface area contributed by atoms with Crippen molar-refractivity contribution in [2.45, 2.75) is 32.1 Å². The van der Waals surface area contributed by atoms with Crippen LogP contribution in [0.3, 0.4) is 0 Å². The summed E-state index contributed by atoms with van der Waals surface area (Å²) in [4.78, 5) is 0. The Labute approximate surface area is 162 Å². The van der Waals surface area contributed by atoms with Gasteiger partial charge in [0, 0.05) is 23.6 Å². The van der Waals surface area contributed by atoms with Gasteiger partial charge in [-0.3, -0.25) is 0 Å². The maximum Gasteiger partial charge on any atom is 0.165 e. The Balaban J connectivity index is 1.89. The molecule has 136 valence electrons. The van der Waals surface area contributed by atoms with Gasteiger partial charge in [0.15, 0.2) is 5.82 Å². The molecule has 1 atom stereocenters. The molecule has 1 aromatic heterocycles. The van der Waals surface area contributed by atoms with Crippen LogP contribution in [0.2, 0.25) is 10.0 Å². The van der Waals surface area contributed by atoms with Gasteiger partial charge in [-0.1, -0.05) is 47.9 Å². The van der Waals surface area contributed by atoms with Crippen LogP contribution in [0.4, 0.5) is 4.39 Å². The molecular formula is C20H20Cl2FN3. The van der Waals surface area contributed by atoms with Gasteiger partial charge < -0.3 is 4.57 Å². The molecule has 3 nitrogen and oxygen atoms in total. The van der Waals surface area contributed by atoms with E-state index < -0.39 is 0 Å². The van der Waals surface area contributed by atoms with Crippen molar-refractivity contribution in [3.8, 4) is 11.4 Å². The van der Waals surface area contributed by atoms with E-state index in [2.05, 4.69) is 23.2 Å². The van der Waals surface area contributed by atoms with Gasteiger partial charge in [-0.25, -0.2) is 4.39 Å². The number of aromatic nitrogens is 3. The van der Waals surface area contributed by atoms with Crippen molar-refractivity contribution in [3.63, 3.8) is 0 Å². The maximum absolute atomic E-state index is 13.4. The molecule has 0 amide bonds. The van der Waals surface area contributed by atoms with E-state index in [1.165, 1.54) is 6.08 Å². The van der Waals surface area contributed by atoms with Crippen LogP contribution in [0.15, 0.2) is 53.9 Å². The summed E-state index contributed by atoms with van der Waals surface area (Å²) in [5.74, 6) is 1.55. The maximum atomic E-state index is 13.4. The third kappa shape index (κ3) is 4.08. The molecule has 0 N–H and O–H groups in total. The quantitative estimate of drug-likeness (QED) is 0.589. The number of rotatable bonds is 5. The molecule has 1 aliphatic carbocycles. The molecule has 26 heavy (non-hydrogen) atoms. The molecule has 6 heteroatoms. The van der Waals surface area contributed by atoms with E-state index in [0.717, 1.165) is 29.8 Å². The molecule has 1 unspecified atom stereocenters. The van der Waals surface area contributed by atoms with E-state index >= 15 is 0 Å². The van der Waals surface area contributed by atoms with E-state index in [4.69, 9.17) is 23.2 Å². The first-order valence-electron chi connectivity index (χ1n) is 8.57. The topological polar surface area (TPSA) is 30.7 Å². The minimum atomic E-state index is -0.194. The molecule has 0 bridgehead atoms. The molecule has 0 spiro atoms. The lowest BCUT2D eigenvalue weighted by molar-refractivity contribution is 0.591. The molecule has 0 saturated heterocycles. The van der Waals surface area contributed by atoms with Gasteiger partial charge in [-0.15, -0.1) is 10.2 Å². The van der Waals surface area contributed by atoms with Gasteiger partial charge in [-0.05, 0) is 49.6 Å². The van der Waals surface area contributed by atoms with Crippen molar-refractivity contribution in [2.75, 3.05) is 0 Å².